The quantitative estimate of drug-likeness (QED) is 0.905. The lowest BCUT2D eigenvalue weighted by Gasteiger charge is -2.39. The van der Waals surface area contributed by atoms with Crippen LogP contribution in [0.4, 0.5) is 0 Å². The van der Waals surface area contributed by atoms with Crippen molar-refractivity contribution in [1.29, 1.82) is 0 Å². The molecule has 0 radical (unpaired) electrons. The third-order valence-electron chi connectivity index (χ3n) is 4.00. The Hall–Kier alpha value is -0.710. The summed E-state index contributed by atoms with van der Waals surface area (Å²) in [5.41, 5.74) is 2.19. The number of nitrogens with zero attached hydrogens (tertiary/aromatic N) is 1. The Labute approximate surface area is 125 Å². The number of hydrogen-bond acceptors (Lipinski definition) is 3. The smallest absolute Gasteiger partial charge is 0.125 e. The second kappa shape index (κ2) is 5.00. The van der Waals surface area contributed by atoms with E-state index in [0.29, 0.717) is 0 Å². The van der Waals surface area contributed by atoms with E-state index < -0.39 is 0 Å². The number of benzene rings is 1. The molecule has 1 fully saturated rings. The van der Waals surface area contributed by atoms with Gasteiger partial charge in [-0.2, -0.15) is 0 Å². The molecule has 0 amide bonds. The van der Waals surface area contributed by atoms with Gasteiger partial charge in [-0.05, 0) is 25.8 Å². The highest BCUT2D eigenvalue weighted by molar-refractivity contribution is 9.10. The van der Waals surface area contributed by atoms with Crippen LogP contribution in [0.3, 0.4) is 0 Å². The van der Waals surface area contributed by atoms with Gasteiger partial charge in [-0.25, -0.2) is 4.98 Å². The number of hydrogen-bond donors (Lipinski definition) is 1. The van der Waals surface area contributed by atoms with Gasteiger partial charge in [0.05, 0.1) is 12.3 Å². The van der Waals surface area contributed by atoms with Crippen LogP contribution < -0.4 is 0 Å². The van der Waals surface area contributed by atoms with Crippen molar-refractivity contribution in [2.45, 2.75) is 31.6 Å². The van der Waals surface area contributed by atoms with Crippen molar-refractivity contribution in [3.8, 4) is 10.6 Å². The summed E-state index contributed by atoms with van der Waals surface area (Å²) < 4.78 is 1.07. The molecule has 0 unspecified atom stereocenters. The molecule has 4 heteroatoms. The minimum atomic E-state index is -0.0126. The summed E-state index contributed by atoms with van der Waals surface area (Å²) in [6.07, 6.45) is 3.38. The molecule has 0 atom stereocenters. The molecule has 0 spiro atoms. The number of aliphatic hydroxyl groups excluding tert-OH is 1. The van der Waals surface area contributed by atoms with Gasteiger partial charge in [0.25, 0.3) is 0 Å². The van der Waals surface area contributed by atoms with E-state index >= 15 is 0 Å². The van der Waals surface area contributed by atoms with Gasteiger partial charge in [0, 0.05) is 20.3 Å². The topological polar surface area (TPSA) is 33.1 Å². The fraction of sp³-hybridized carbons (Fsp3) is 0.400. The maximum Gasteiger partial charge on any atom is 0.125 e. The van der Waals surface area contributed by atoms with Gasteiger partial charge in [-0.3, -0.25) is 0 Å². The molecule has 2 nitrogen and oxygen atoms in total. The van der Waals surface area contributed by atoms with Gasteiger partial charge in [0.2, 0.25) is 0 Å². The fourth-order valence-corrected chi connectivity index (χ4v) is 4.65. The summed E-state index contributed by atoms with van der Waals surface area (Å²) in [5, 5.41) is 10.8. The maximum atomic E-state index is 9.72. The minimum absolute atomic E-state index is 0.0126. The summed E-state index contributed by atoms with van der Waals surface area (Å²) in [5.74, 6) is 0. The van der Waals surface area contributed by atoms with E-state index in [-0.39, 0.29) is 12.0 Å². The number of thiazole rings is 1. The van der Waals surface area contributed by atoms with Crippen molar-refractivity contribution >= 4 is 27.3 Å². The van der Waals surface area contributed by atoms with Crippen molar-refractivity contribution < 1.29 is 5.11 Å². The number of rotatable bonds is 3. The van der Waals surface area contributed by atoms with Crippen molar-refractivity contribution in [3.63, 3.8) is 0 Å². The minimum Gasteiger partial charge on any atom is -0.395 e. The molecule has 1 aromatic heterocycles. The summed E-state index contributed by atoms with van der Waals surface area (Å²) >= 11 is 5.32. The van der Waals surface area contributed by atoms with Crippen molar-refractivity contribution in [2.24, 2.45) is 0 Å². The number of aryl methyl sites for hydroxylation is 1. The molecular formula is C15H16BrNOS. The molecule has 0 saturated heterocycles. The second-order valence-electron chi connectivity index (χ2n) is 5.21. The molecule has 1 saturated carbocycles. The van der Waals surface area contributed by atoms with Crippen LogP contribution in [-0.2, 0) is 5.41 Å². The predicted molar refractivity (Wildman–Crippen MR) is 82.6 cm³/mol. The van der Waals surface area contributed by atoms with E-state index in [1.165, 1.54) is 11.3 Å². The van der Waals surface area contributed by atoms with Crippen LogP contribution in [-0.4, -0.2) is 16.7 Å². The Bertz CT molecular complexity index is 598. The van der Waals surface area contributed by atoms with Crippen molar-refractivity contribution in [2.75, 3.05) is 6.61 Å². The summed E-state index contributed by atoms with van der Waals surface area (Å²) in [7, 11) is 0. The van der Waals surface area contributed by atoms with Crippen molar-refractivity contribution in [3.05, 3.63) is 39.3 Å². The lowest BCUT2D eigenvalue weighted by molar-refractivity contribution is 0.122. The molecule has 0 bridgehead atoms. The number of aliphatic hydroxyl groups is 1. The largest absolute Gasteiger partial charge is 0.395 e. The third-order valence-corrected chi connectivity index (χ3v) is 6.12. The summed E-state index contributed by atoms with van der Waals surface area (Å²) in [4.78, 5) is 5.99. The van der Waals surface area contributed by atoms with Gasteiger partial charge in [0.1, 0.15) is 5.01 Å². The van der Waals surface area contributed by atoms with E-state index in [1.807, 2.05) is 18.2 Å². The Morgan fingerprint density at radius 3 is 2.68 bits per heavy atom. The number of aromatic nitrogens is 1. The average Bonchev–Trinajstić information content (AvgIpc) is 2.72. The SMILES string of the molecule is Cc1nc(-c2ccccc2Br)sc1C1(CO)CCC1. The van der Waals surface area contributed by atoms with Crippen LogP contribution in [0, 0.1) is 6.92 Å². The van der Waals surface area contributed by atoms with Crippen LogP contribution in [0.25, 0.3) is 10.6 Å². The molecule has 1 aliphatic rings. The Balaban J connectivity index is 2.05. The van der Waals surface area contributed by atoms with Gasteiger partial charge < -0.3 is 5.11 Å². The van der Waals surface area contributed by atoms with Crippen LogP contribution in [0.5, 0.6) is 0 Å². The first-order valence-corrected chi connectivity index (χ1v) is 8.11. The zero-order valence-electron chi connectivity index (χ0n) is 10.8. The highest BCUT2D eigenvalue weighted by atomic mass is 79.9. The molecule has 1 aromatic carbocycles. The normalized spacial score (nSPS) is 17.2. The Morgan fingerprint density at radius 2 is 2.11 bits per heavy atom. The molecule has 100 valence electrons. The fourth-order valence-electron chi connectivity index (χ4n) is 2.70. The molecule has 2 aromatic rings. The second-order valence-corrected chi connectivity index (χ2v) is 7.06. The van der Waals surface area contributed by atoms with Crippen LogP contribution in [0.15, 0.2) is 28.7 Å². The first-order valence-electron chi connectivity index (χ1n) is 6.50. The highest BCUT2D eigenvalue weighted by Gasteiger charge is 2.41. The Morgan fingerprint density at radius 1 is 1.37 bits per heavy atom. The monoisotopic (exact) mass is 337 g/mol. The van der Waals surface area contributed by atoms with Gasteiger partial charge >= 0.3 is 0 Å². The van der Waals surface area contributed by atoms with E-state index in [9.17, 15) is 5.11 Å². The molecule has 19 heavy (non-hydrogen) atoms. The van der Waals surface area contributed by atoms with E-state index in [1.54, 1.807) is 11.3 Å². The van der Waals surface area contributed by atoms with Gasteiger partial charge in [-0.1, -0.05) is 40.5 Å². The molecule has 1 N–H and O–H groups in total. The van der Waals surface area contributed by atoms with Gasteiger partial charge in [-0.15, -0.1) is 11.3 Å². The van der Waals surface area contributed by atoms with Crippen LogP contribution in [0.2, 0.25) is 0 Å². The molecule has 1 heterocycles. The lowest BCUT2D eigenvalue weighted by Crippen LogP contribution is -2.37. The third kappa shape index (κ3) is 2.16. The van der Waals surface area contributed by atoms with E-state index in [4.69, 9.17) is 4.98 Å². The maximum absolute atomic E-state index is 9.72. The van der Waals surface area contributed by atoms with Gasteiger partial charge in [0.15, 0.2) is 0 Å². The first kappa shape index (κ1) is 13.3. The van der Waals surface area contributed by atoms with E-state index in [0.717, 1.165) is 33.6 Å². The van der Waals surface area contributed by atoms with Crippen molar-refractivity contribution in [1.82, 2.24) is 4.98 Å². The lowest BCUT2D eigenvalue weighted by atomic mass is 9.68. The number of halogens is 1. The molecular weight excluding hydrogens is 322 g/mol. The van der Waals surface area contributed by atoms with Crippen LogP contribution >= 0.6 is 27.3 Å². The molecule has 3 rings (SSSR count). The molecule has 1 aliphatic carbocycles. The Kier molecular flexibility index (Phi) is 3.50. The summed E-state index contributed by atoms with van der Waals surface area (Å²) in [6, 6.07) is 8.16. The summed E-state index contributed by atoms with van der Waals surface area (Å²) in [6.45, 7) is 2.30. The zero-order chi connectivity index (χ0) is 13.5. The van der Waals surface area contributed by atoms with E-state index in [2.05, 4.69) is 28.9 Å². The van der Waals surface area contributed by atoms with Crippen LogP contribution in [0.1, 0.15) is 29.8 Å². The predicted octanol–water partition coefficient (Wildman–Crippen LogP) is 4.30. The average molecular weight is 338 g/mol. The highest BCUT2D eigenvalue weighted by Crippen LogP contribution is 2.48. The zero-order valence-corrected chi connectivity index (χ0v) is 13.2. The molecule has 0 aliphatic heterocycles. The standard InChI is InChI=1S/C15H16BrNOS/c1-10-13(15(9-18)7-4-8-15)19-14(17-10)11-5-2-3-6-12(11)16/h2-3,5-6,18H,4,7-9H2,1H3. The first-order chi connectivity index (χ1) is 9.16.